The Morgan fingerprint density at radius 3 is 3.00 bits per heavy atom. The molecule has 2 aromatic rings. The summed E-state index contributed by atoms with van der Waals surface area (Å²) in [5.74, 6) is -0.277. The lowest BCUT2D eigenvalue weighted by atomic mass is 10.3. The molecule has 0 aliphatic carbocycles. The van der Waals surface area contributed by atoms with E-state index < -0.39 is 0 Å². The lowest BCUT2D eigenvalue weighted by Crippen LogP contribution is -1.87. The van der Waals surface area contributed by atoms with Gasteiger partial charge in [0.25, 0.3) is 0 Å². The van der Waals surface area contributed by atoms with Crippen molar-refractivity contribution in [3.05, 3.63) is 23.9 Å². The summed E-state index contributed by atoms with van der Waals surface area (Å²) < 4.78 is 14.9. The maximum Gasteiger partial charge on any atom is 0.155 e. The molecule has 0 bridgehead atoms. The van der Waals surface area contributed by atoms with Gasteiger partial charge in [0.2, 0.25) is 0 Å². The van der Waals surface area contributed by atoms with Crippen LogP contribution in [0.5, 0.6) is 0 Å². The van der Waals surface area contributed by atoms with Gasteiger partial charge in [-0.25, -0.2) is 4.39 Å². The smallest absolute Gasteiger partial charge is 0.155 e. The highest BCUT2D eigenvalue weighted by Gasteiger charge is 2.07. The summed E-state index contributed by atoms with van der Waals surface area (Å²) in [6.45, 7) is 1.64. The van der Waals surface area contributed by atoms with Crippen molar-refractivity contribution in [1.29, 1.82) is 0 Å². The van der Waals surface area contributed by atoms with Crippen LogP contribution in [0.1, 0.15) is 5.69 Å². The van der Waals surface area contributed by atoms with Gasteiger partial charge in [-0.1, -0.05) is 0 Å². The van der Waals surface area contributed by atoms with E-state index in [1.54, 1.807) is 31.0 Å². The van der Waals surface area contributed by atoms with Crippen molar-refractivity contribution in [3.8, 4) is 0 Å². The van der Waals surface area contributed by atoms with Crippen LogP contribution in [0.4, 0.5) is 4.39 Å². The highest BCUT2D eigenvalue weighted by Crippen LogP contribution is 2.16. The molecule has 2 aromatic heterocycles. The largest absolute Gasteiger partial charge is 0.274 e. The number of aromatic nitrogens is 3. The summed E-state index contributed by atoms with van der Waals surface area (Å²) in [5, 5.41) is 4.56. The van der Waals surface area contributed by atoms with E-state index in [2.05, 4.69) is 10.1 Å². The molecule has 0 atom stereocenters. The van der Waals surface area contributed by atoms with Gasteiger partial charge >= 0.3 is 0 Å². The minimum absolute atomic E-state index is 0.277. The Labute approximate surface area is 68.8 Å². The molecule has 4 heteroatoms. The average Bonchev–Trinajstić information content (AvgIpc) is 2.39. The molecule has 0 saturated heterocycles. The minimum atomic E-state index is -0.277. The number of aryl methyl sites for hydroxylation is 2. The molecule has 0 spiro atoms. The molecule has 0 saturated carbocycles. The van der Waals surface area contributed by atoms with Gasteiger partial charge in [0, 0.05) is 13.2 Å². The van der Waals surface area contributed by atoms with E-state index in [-0.39, 0.29) is 5.82 Å². The van der Waals surface area contributed by atoms with E-state index in [9.17, 15) is 4.39 Å². The number of pyridine rings is 1. The minimum Gasteiger partial charge on any atom is -0.274 e. The summed E-state index contributed by atoms with van der Waals surface area (Å²) in [6, 6.07) is 0. The molecule has 0 unspecified atom stereocenters. The quantitative estimate of drug-likeness (QED) is 0.591. The Kier molecular flexibility index (Phi) is 1.36. The fraction of sp³-hybridized carbons (Fsp3) is 0.250. The zero-order chi connectivity index (χ0) is 8.72. The van der Waals surface area contributed by atoms with Crippen molar-refractivity contribution in [2.75, 3.05) is 0 Å². The summed E-state index contributed by atoms with van der Waals surface area (Å²) in [4.78, 5) is 3.87. The zero-order valence-corrected chi connectivity index (χ0v) is 6.87. The van der Waals surface area contributed by atoms with E-state index in [1.807, 2.05) is 0 Å². The van der Waals surface area contributed by atoms with Gasteiger partial charge in [0.05, 0.1) is 17.3 Å². The molecule has 3 nitrogen and oxygen atoms in total. The number of halogens is 1. The fourth-order valence-electron chi connectivity index (χ4n) is 1.18. The van der Waals surface area contributed by atoms with E-state index >= 15 is 0 Å². The molecule has 0 amide bonds. The number of hydrogen-bond donors (Lipinski definition) is 0. The molecule has 12 heavy (non-hydrogen) atoms. The van der Waals surface area contributed by atoms with Crippen molar-refractivity contribution in [2.24, 2.45) is 7.05 Å². The van der Waals surface area contributed by atoms with Gasteiger partial charge in [-0.15, -0.1) is 0 Å². The highest BCUT2D eigenvalue weighted by molar-refractivity contribution is 5.78. The highest BCUT2D eigenvalue weighted by atomic mass is 19.1. The summed E-state index contributed by atoms with van der Waals surface area (Å²) in [7, 11) is 1.76. The maximum absolute atomic E-state index is 13.3. The first-order valence-electron chi connectivity index (χ1n) is 3.63. The van der Waals surface area contributed by atoms with Gasteiger partial charge in [-0.3, -0.25) is 9.67 Å². The Morgan fingerprint density at radius 1 is 1.50 bits per heavy atom. The van der Waals surface area contributed by atoms with Crippen molar-refractivity contribution in [2.45, 2.75) is 6.92 Å². The van der Waals surface area contributed by atoms with Crippen molar-refractivity contribution in [1.82, 2.24) is 14.8 Å². The van der Waals surface area contributed by atoms with Crippen molar-refractivity contribution < 1.29 is 4.39 Å². The lowest BCUT2D eigenvalue weighted by Gasteiger charge is -1.93. The molecule has 0 aliphatic rings. The van der Waals surface area contributed by atoms with Crippen molar-refractivity contribution >= 4 is 10.9 Å². The Hall–Kier alpha value is -1.45. The SMILES string of the molecule is Cc1ncc2nn(C)cc2c1F. The third-order valence-electron chi connectivity index (χ3n) is 1.79. The second-order valence-electron chi connectivity index (χ2n) is 2.76. The topological polar surface area (TPSA) is 30.7 Å². The van der Waals surface area contributed by atoms with Gasteiger partial charge in [-0.05, 0) is 6.92 Å². The number of nitrogens with zero attached hydrogens (tertiary/aromatic N) is 3. The molecule has 0 N–H and O–H groups in total. The molecule has 0 fully saturated rings. The Bertz CT molecular complexity index is 433. The van der Waals surface area contributed by atoms with Crippen LogP contribution in [0.3, 0.4) is 0 Å². The second kappa shape index (κ2) is 2.27. The maximum atomic E-state index is 13.3. The standard InChI is InChI=1S/C8H8FN3/c1-5-8(9)6-4-12(2)11-7(6)3-10-5/h3-4H,1-2H3. The number of rotatable bonds is 0. The van der Waals surface area contributed by atoms with Crippen LogP contribution >= 0.6 is 0 Å². The number of fused-ring (bicyclic) bond motifs is 1. The van der Waals surface area contributed by atoms with Gasteiger partial charge in [0.15, 0.2) is 5.82 Å². The first-order valence-corrected chi connectivity index (χ1v) is 3.63. The fourth-order valence-corrected chi connectivity index (χ4v) is 1.18. The lowest BCUT2D eigenvalue weighted by molar-refractivity contribution is 0.622. The molecule has 0 radical (unpaired) electrons. The van der Waals surface area contributed by atoms with Crippen LogP contribution in [0.15, 0.2) is 12.4 Å². The molecular formula is C8H8FN3. The monoisotopic (exact) mass is 165 g/mol. The molecule has 0 aromatic carbocycles. The van der Waals surface area contributed by atoms with Crippen LogP contribution in [-0.4, -0.2) is 14.8 Å². The first-order chi connectivity index (χ1) is 5.68. The summed E-state index contributed by atoms with van der Waals surface area (Å²) in [5.41, 5.74) is 1.01. The van der Waals surface area contributed by atoms with E-state index in [4.69, 9.17) is 0 Å². The van der Waals surface area contributed by atoms with Crippen LogP contribution < -0.4 is 0 Å². The molecule has 2 heterocycles. The van der Waals surface area contributed by atoms with Crippen LogP contribution in [0.2, 0.25) is 0 Å². The van der Waals surface area contributed by atoms with Crippen LogP contribution in [0, 0.1) is 12.7 Å². The van der Waals surface area contributed by atoms with E-state index in [1.165, 1.54) is 0 Å². The second-order valence-corrected chi connectivity index (χ2v) is 2.76. The van der Waals surface area contributed by atoms with Crippen molar-refractivity contribution in [3.63, 3.8) is 0 Å². The molecule has 0 aliphatic heterocycles. The summed E-state index contributed by atoms with van der Waals surface area (Å²) >= 11 is 0. The predicted octanol–water partition coefficient (Wildman–Crippen LogP) is 1.42. The molecule has 62 valence electrons. The van der Waals surface area contributed by atoms with Gasteiger partial charge < -0.3 is 0 Å². The van der Waals surface area contributed by atoms with Crippen LogP contribution in [-0.2, 0) is 7.05 Å². The van der Waals surface area contributed by atoms with E-state index in [0.29, 0.717) is 16.6 Å². The van der Waals surface area contributed by atoms with E-state index in [0.717, 1.165) is 0 Å². The Balaban J connectivity index is 2.89. The average molecular weight is 165 g/mol. The third-order valence-corrected chi connectivity index (χ3v) is 1.79. The zero-order valence-electron chi connectivity index (χ0n) is 6.87. The van der Waals surface area contributed by atoms with Gasteiger partial charge in [0.1, 0.15) is 5.52 Å². The third kappa shape index (κ3) is 0.879. The Morgan fingerprint density at radius 2 is 2.25 bits per heavy atom. The number of hydrogen-bond acceptors (Lipinski definition) is 2. The normalized spacial score (nSPS) is 10.9. The predicted molar refractivity (Wildman–Crippen MR) is 43.2 cm³/mol. The molecular weight excluding hydrogens is 157 g/mol. The van der Waals surface area contributed by atoms with Crippen LogP contribution in [0.25, 0.3) is 10.9 Å². The molecule has 2 rings (SSSR count). The summed E-state index contributed by atoms with van der Waals surface area (Å²) in [6.07, 6.45) is 3.23. The first kappa shape index (κ1) is 7.21. The van der Waals surface area contributed by atoms with Gasteiger partial charge in [-0.2, -0.15) is 5.10 Å².